The molecule has 23 heavy (non-hydrogen) atoms. The molecule has 2 aliphatic heterocycles. The Balaban J connectivity index is 1.83. The van der Waals surface area contributed by atoms with Gasteiger partial charge in [0, 0.05) is 37.7 Å². The van der Waals surface area contributed by atoms with Crippen molar-refractivity contribution in [2.45, 2.75) is 0 Å². The standard InChI is InChI=1S/C16H19ClN2O4/c1-18-6-11-7-19(9-16(11,8-18)15(21)22)14(20)10-3-4-13(23-2)12(17)5-10/h3-5,11H,6-9H2,1-2H3,(H,21,22)/t11-,16-/m0/s1. The first-order chi connectivity index (χ1) is 10.9. The number of methoxy groups -OCH3 is 1. The van der Waals surface area contributed by atoms with Gasteiger partial charge in [-0.05, 0) is 25.2 Å². The fourth-order valence-corrected chi connectivity index (χ4v) is 4.01. The molecule has 3 rings (SSSR count). The predicted octanol–water partition coefficient (Wildman–Crippen LogP) is 1.44. The monoisotopic (exact) mass is 338 g/mol. The second kappa shape index (κ2) is 5.69. The van der Waals surface area contributed by atoms with Gasteiger partial charge in [-0.2, -0.15) is 0 Å². The number of carbonyl (C=O) groups excluding carboxylic acids is 1. The van der Waals surface area contributed by atoms with E-state index in [4.69, 9.17) is 16.3 Å². The Labute approximate surface area is 139 Å². The lowest BCUT2D eigenvalue weighted by atomic mass is 9.81. The Morgan fingerprint density at radius 3 is 2.65 bits per heavy atom. The van der Waals surface area contributed by atoms with Crippen molar-refractivity contribution in [1.82, 2.24) is 9.80 Å². The van der Waals surface area contributed by atoms with Gasteiger partial charge in [0.05, 0.1) is 12.1 Å². The van der Waals surface area contributed by atoms with Crippen LogP contribution in [-0.2, 0) is 4.79 Å². The average Bonchev–Trinajstić information content (AvgIpc) is 3.00. The minimum absolute atomic E-state index is 0.0392. The van der Waals surface area contributed by atoms with Crippen LogP contribution in [0.2, 0.25) is 5.02 Å². The zero-order valence-corrected chi connectivity index (χ0v) is 13.8. The fraction of sp³-hybridized carbons (Fsp3) is 0.500. The highest BCUT2D eigenvalue weighted by atomic mass is 35.5. The van der Waals surface area contributed by atoms with E-state index >= 15 is 0 Å². The Hall–Kier alpha value is -1.79. The molecule has 2 heterocycles. The maximum atomic E-state index is 12.7. The number of carboxylic acids is 1. The number of halogens is 1. The van der Waals surface area contributed by atoms with Gasteiger partial charge in [-0.1, -0.05) is 11.6 Å². The lowest BCUT2D eigenvalue weighted by Gasteiger charge is -2.24. The lowest BCUT2D eigenvalue weighted by Crippen LogP contribution is -2.41. The molecule has 7 heteroatoms. The quantitative estimate of drug-likeness (QED) is 0.903. The SMILES string of the molecule is COc1ccc(C(=O)N2C[C@@H]3CN(C)C[C@]3(C(=O)O)C2)cc1Cl. The molecule has 0 radical (unpaired) electrons. The molecule has 2 saturated heterocycles. The third-order valence-electron chi connectivity index (χ3n) is 4.89. The van der Waals surface area contributed by atoms with E-state index in [2.05, 4.69) is 0 Å². The number of benzene rings is 1. The van der Waals surface area contributed by atoms with Crippen molar-refractivity contribution in [3.63, 3.8) is 0 Å². The average molecular weight is 339 g/mol. The topological polar surface area (TPSA) is 70.1 Å². The van der Waals surface area contributed by atoms with Crippen molar-refractivity contribution < 1.29 is 19.4 Å². The number of carbonyl (C=O) groups is 2. The number of aliphatic carboxylic acids is 1. The molecular formula is C16H19ClN2O4. The van der Waals surface area contributed by atoms with E-state index < -0.39 is 11.4 Å². The molecule has 1 aromatic rings. The number of rotatable bonds is 3. The molecule has 0 bridgehead atoms. The van der Waals surface area contributed by atoms with Crippen LogP contribution in [0.25, 0.3) is 0 Å². The highest BCUT2D eigenvalue weighted by Gasteiger charge is 2.57. The molecule has 0 saturated carbocycles. The summed E-state index contributed by atoms with van der Waals surface area (Å²) in [7, 11) is 3.43. The van der Waals surface area contributed by atoms with Gasteiger partial charge in [0.15, 0.2) is 0 Å². The molecule has 2 aliphatic rings. The third kappa shape index (κ3) is 2.56. The molecule has 6 nitrogen and oxygen atoms in total. The zero-order chi connectivity index (χ0) is 16.8. The van der Waals surface area contributed by atoms with Crippen molar-refractivity contribution in [2.24, 2.45) is 11.3 Å². The van der Waals surface area contributed by atoms with Gasteiger partial charge in [-0.3, -0.25) is 9.59 Å². The number of fused-ring (bicyclic) bond motifs is 1. The summed E-state index contributed by atoms with van der Waals surface area (Å²) in [6, 6.07) is 4.87. The minimum atomic E-state index is -0.860. The van der Waals surface area contributed by atoms with Crippen molar-refractivity contribution in [3.8, 4) is 5.75 Å². The lowest BCUT2D eigenvalue weighted by molar-refractivity contribution is -0.148. The smallest absolute Gasteiger partial charge is 0.313 e. The normalized spacial score (nSPS) is 27.1. The Kier molecular flexibility index (Phi) is 3.98. The fourth-order valence-electron chi connectivity index (χ4n) is 3.76. The van der Waals surface area contributed by atoms with Gasteiger partial charge in [0.25, 0.3) is 5.91 Å². The van der Waals surface area contributed by atoms with Crippen LogP contribution in [0.5, 0.6) is 5.75 Å². The number of ether oxygens (including phenoxy) is 1. The van der Waals surface area contributed by atoms with E-state index in [-0.39, 0.29) is 18.4 Å². The van der Waals surface area contributed by atoms with Gasteiger partial charge >= 0.3 is 5.97 Å². The summed E-state index contributed by atoms with van der Waals surface area (Å²) < 4.78 is 5.09. The molecule has 2 fully saturated rings. The molecule has 0 spiro atoms. The first-order valence-corrected chi connectivity index (χ1v) is 7.80. The second-order valence-corrected chi connectivity index (χ2v) is 6.80. The van der Waals surface area contributed by atoms with E-state index in [0.29, 0.717) is 36.0 Å². The van der Waals surface area contributed by atoms with Crippen LogP contribution in [0.1, 0.15) is 10.4 Å². The summed E-state index contributed by atoms with van der Waals surface area (Å²) in [6.45, 7) is 1.86. The predicted molar refractivity (Wildman–Crippen MR) is 85.0 cm³/mol. The molecule has 1 N–H and O–H groups in total. The maximum absolute atomic E-state index is 12.7. The number of nitrogens with zero attached hydrogens (tertiary/aromatic N) is 2. The molecule has 1 amide bonds. The Morgan fingerprint density at radius 1 is 1.35 bits per heavy atom. The summed E-state index contributed by atoms with van der Waals surface area (Å²) in [6.07, 6.45) is 0. The van der Waals surface area contributed by atoms with Crippen LogP contribution in [0.3, 0.4) is 0 Å². The van der Waals surface area contributed by atoms with E-state index in [1.807, 2.05) is 11.9 Å². The maximum Gasteiger partial charge on any atom is 0.313 e. The van der Waals surface area contributed by atoms with Gasteiger partial charge < -0.3 is 19.6 Å². The van der Waals surface area contributed by atoms with Crippen molar-refractivity contribution in [2.75, 3.05) is 40.3 Å². The Bertz CT molecular complexity index is 665. The number of hydrogen-bond donors (Lipinski definition) is 1. The number of amides is 1. The van der Waals surface area contributed by atoms with Gasteiger partial charge in [0.2, 0.25) is 0 Å². The zero-order valence-electron chi connectivity index (χ0n) is 13.1. The first kappa shape index (κ1) is 16.1. The summed E-state index contributed by atoms with van der Waals surface area (Å²) >= 11 is 6.08. The number of hydrogen-bond acceptors (Lipinski definition) is 4. The number of carboxylic acid groups (broad SMARTS) is 1. The van der Waals surface area contributed by atoms with Crippen LogP contribution in [0, 0.1) is 11.3 Å². The van der Waals surface area contributed by atoms with Gasteiger partial charge in [0.1, 0.15) is 11.2 Å². The molecule has 0 aliphatic carbocycles. The van der Waals surface area contributed by atoms with E-state index in [1.54, 1.807) is 23.1 Å². The van der Waals surface area contributed by atoms with Crippen LogP contribution < -0.4 is 4.74 Å². The summed E-state index contributed by atoms with van der Waals surface area (Å²) in [4.78, 5) is 28.1. The van der Waals surface area contributed by atoms with Gasteiger partial charge in [-0.25, -0.2) is 0 Å². The molecule has 2 atom stereocenters. The highest BCUT2D eigenvalue weighted by Crippen LogP contribution is 2.42. The van der Waals surface area contributed by atoms with Crippen LogP contribution in [-0.4, -0.2) is 67.1 Å². The van der Waals surface area contributed by atoms with Crippen LogP contribution >= 0.6 is 11.6 Å². The Morgan fingerprint density at radius 2 is 2.09 bits per heavy atom. The first-order valence-electron chi connectivity index (χ1n) is 7.42. The minimum Gasteiger partial charge on any atom is -0.495 e. The van der Waals surface area contributed by atoms with E-state index in [9.17, 15) is 14.7 Å². The highest BCUT2D eigenvalue weighted by molar-refractivity contribution is 6.32. The summed E-state index contributed by atoms with van der Waals surface area (Å²) in [5.74, 6) is -0.546. The second-order valence-electron chi connectivity index (χ2n) is 6.39. The molecule has 0 unspecified atom stereocenters. The molecule has 0 aromatic heterocycles. The van der Waals surface area contributed by atoms with Gasteiger partial charge in [-0.15, -0.1) is 0 Å². The van der Waals surface area contributed by atoms with E-state index in [0.717, 1.165) is 0 Å². The van der Waals surface area contributed by atoms with Crippen molar-refractivity contribution in [1.29, 1.82) is 0 Å². The van der Waals surface area contributed by atoms with Crippen molar-refractivity contribution >= 4 is 23.5 Å². The van der Waals surface area contributed by atoms with Crippen molar-refractivity contribution in [3.05, 3.63) is 28.8 Å². The third-order valence-corrected chi connectivity index (χ3v) is 5.19. The summed E-state index contributed by atoms with van der Waals surface area (Å²) in [5, 5.41) is 10.0. The number of likely N-dealkylation sites (tertiary alicyclic amines) is 2. The van der Waals surface area contributed by atoms with Crippen LogP contribution in [0.15, 0.2) is 18.2 Å². The van der Waals surface area contributed by atoms with E-state index in [1.165, 1.54) is 7.11 Å². The molecule has 1 aromatic carbocycles. The molecular weight excluding hydrogens is 320 g/mol. The van der Waals surface area contributed by atoms with Crippen LogP contribution in [0.4, 0.5) is 0 Å². The summed E-state index contributed by atoms with van der Waals surface area (Å²) in [5.41, 5.74) is -0.412. The largest absolute Gasteiger partial charge is 0.495 e. The molecule has 124 valence electrons.